The van der Waals surface area contributed by atoms with E-state index in [1.165, 1.54) is 0 Å². The molecular formula is C16H15BrClNO2. The number of hydrogen-bond acceptors (Lipinski definition) is 2. The van der Waals surface area contributed by atoms with E-state index in [0.29, 0.717) is 16.5 Å². The maximum atomic E-state index is 11.9. The van der Waals surface area contributed by atoms with Crippen molar-refractivity contribution in [3.63, 3.8) is 0 Å². The molecule has 0 aromatic heterocycles. The van der Waals surface area contributed by atoms with Gasteiger partial charge in [-0.3, -0.25) is 4.79 Å². The number of rotatable bonds is 4. The smallest absolute Gasteiger partial charge is 0.262 e. The fourth-order valence-electron chi connectivity index (χ4n) is 1.80. The average Bonchev–Trinajstić information content (AvgIpc) is 2.43. The highest BCUT2D eigenvalue weighted by atomic mass is 79.9. The van der Waals surface area contributed by atoms with Crippen molar-refractivity contribution in [3.8, 4) is 5.75 Å². The number of halogens is 2. The minimum atomic E-state index is -0.250. The van der Waals surface area contributed by atoms with Crippen LogP contribution in [0.2, 0.25) is 5.02 Å². The molecule has 2 rings (SSSR count). The number of hydrogen-bond donors (Lipinski definition) is 1. The van der Waals surface area contributed by atoms with Gasteiger partial charge in [0.05, 0.1) is 10.7 Å². The lowest BCUT2D eigenvalue weighted by Gasteiger charge is -2.11. The van der Waals surface area contributed by atoms with Gasteiger partial charge in [-0.25, -0.2) is 0 Å². The molecule has 1 amide bonds. The topological polar surface area (TPSA) is 38.3 Å². The quantitative estimate of drug-likeness (QED) is 0.846. The Balaban J connectivity index is 1.97. The SMILES string of the molecule is Cc1cccc(OCC(=O)Nc2ccc(Br)cc2Cl)c1C. The molecule has 0 aliphatic carbocycles. The Kier molecular flexibility index (Phi) is 5.26. The zero-order valence-electron chi connectivity index (χ0n) is 11.7. The molecule has 0 saturated heterocycles. The molecular weight excluding hydrogens is 354 g/mol. The Morgan fingerprint density at radius 3 is 2.76 bits per heavy atom. The van der Waals surface area contributed by atoms with Gasteiger partial charge in [0, 0.05) is 4.47 Å². The number of carbonyl (C=O) groups is 1. The zero-order chi connectivity index (χ0) is 15.4. The summed E-state index contributed by atoms with van der Waals surface area (Å²) >= 11 is 9.37. The van der Waals surface area contributed by atoms with E-state index in [-0.39, 0.29) is 12.5 Å². The molecule has 3 nitrogen and oxygen atoms in total. The second-order valence-electron chi connectivity index (χ2n) is 4.66. The minimum Gasteiger partial charge on any atom is -0.483 e. The summed E-state index contributed by atoms with van der Waals surface area (Å²) in [6, 6.07) is 11.0. The monoisotopic (exact) mass is 367 g/mol. The first kappa shape index (κ1) is 15.9. The van der Waals surface area contributed by atoms with Crippen LogP contribution in [0.5, 0.6) is 5.75 Å². The number of anilines is 1. The van der Waals surface area contributed by atoms with E-state index in [9.17, 15) is 4.79 Å². The van der Waals surface area contributed by atoms with Crippen LogP contribution in [0.4, 0.5) is 5.69 Å². The van der Waals surface area contributed by atoms with Crippen LogP contribution in [0.1, 0.15) is 11.1 Å². The van der Waals surface area contributed by atoms with E-state index < -0.39 is 0 Å². The Labute approximate surface area is 137 Å². The van der Waals surface area contributed by atoms with Crippen LogP contribution in [-0.4, -0.2) is 12.5 Å². The lowest BCUT2D eigenvalue weighted by atomic mass is 10.1. The van der Waals surface area contributed by atoms with E-state index in [2.05, 4.69) is 21.2 Å². The van der Waals surface area contributed by atoms with Crippen molar-refractivity contribution < 1.29 is 9.53 Å². The van der Waals surface area contributed by atoms with Crippen LogP contribution in [0, 0.1) is 13.8 Å². The van der Waals surface area contributed by atoms with Crippen molar-refractivity contribution in [2.45, 2.75) is 13.8 Å². The number of amides is 1. The summed E-state index contributed by atoms with van der Waals surface area (Å²) in [6.45, 7) is 3.91. The van der Waals surface area contributed by atoms with Gasteiger partial charge in [0.1, 0.15) is 5.75 Å². The van der Waals surface area contributed by atoms with Gasteiger partial charge < -0.3 is 10.1 Å². The predicted octanol–water partition coefficient (Wildman–Crippen LogP) is 4.74. The molecule has 0 heterocycles. The summed E-state index contributed by atoms with van der Waals surface area (Å²) in [4.78, 5) is 11.9. The molecule has 21 heavy (non-hydrogen) atoms. The summed E-state index contributed by atoms with van der Waals surface area (Å²) in [5.74, 6) is 0.465. The normalized spacial score (nSPS) is 10.3. The fraction of sp³-hybridized carbons (Fsp3) is 0.188. The summed E-state index contributed by atoms with van der Waals surface area (Å²) in [7, 11) is 0. The van der Waals surface area contributed by atoms with E-state index in [0.717, 1.165) is 15.6 Å². The van der Waals surface area contributed by atoms with Crippen molar-refractivity contribution in [3.05, 3.63) is 57.0 Å². The lowest BCUT2D eigenvalue weighted by molar-refractivity contribution is -0.118. The van der Waals surface area contributed by atoms with Gasteiger partial charge in [-0.05, 0) is 49.2 Å². The number of ether oxygens (including phenoxy) is 1. The minimum absolute atomic E-state index is 0.0588. The second-order valence-corrected chi connectivity index (χ2v) is 5.98. The Morgan fingerprint density at radius 2 is 2.05 bits per heavy atom. The second kappa shape index (κ2) is 6.96. The highest BCUT2D eigenvalue weighted by molar-refractivity contribution is 9.10. The maximum Gasteiger partial charge on any atom is 0.262 e. The predicted molar refractivity (Wildman–Crippen MR) is 89.2 cm³/mol. The van der Waals surface area contributed by atoms with Crippen LogP contribution >= 0.6 is 27.5 Å². The number of carbonyl (C=O) groups excluding carboxylic acids is 1. The molecule has 0 fully saturated rings. The van der Waals surface area contributed by atoms with Crippen molar-refractivity contribution in [1.29, 1.82) is 0 Å². The molecule has 0 radical (unpaired) electrons. The van der Waals surface area contributed by atoms with Crippen LogP contribution in [-0.2, 0) is 4.79 Å². The molecule has 0 aliphatic heterocycles. The largest absolute Gasteiger partial charge is 0.483 e. The lowest BCUT2D eigenvalue weighted by Crippen LogP contribution is -2.20. The van der Waals surface area contributed by atoms with Crippen molar-refractivity contribution in [2.24, 2.45) is 0 Å². The molecule has 2 aromatic carbocycles. The third-order valence-electron chi connectivity index (χ3n) is 3.12. The third kappa shape index (κ3) is 4.22. The third-order valence-corrected chi connectivity index (χ3v) is 3.92. The summed E-state index contributed by atoms with van der Waals surface area (Å²) in [5.41, 5.74) is 2.73. The Bertz CT molecular complexity index is 673. The fourth-order valence-corrected chi connectivity index (χ4v) is 2.52. The molecule has 110 valence electrons. The highest BCUT2D eigenvalue weighted by Gasteiger charge is 2.08. The highest BCUT2D eigenvalue weighted by Crippen LogP contribution is 2.25. The first-order valence-electron chi connectivity index (χ1n) is 6.41. The average molecular weight is 369 g/mol. The molecule has 5 heteroatoms. The first-order valence-corrected chi connectivity index (χ1v) is 7.58. The van der Waals surface area contributed by atoms with Crippen molar-refractivity contribution >= 4 is 39.1 Å². The van der Waals surface area contributed by atoms with E-state index in [4.69, 9.17) is 16.3 Å². The summed E-state index contributed by atoms with van der Waals surface area (Å²) in [6.07, 6.45) is 0. The molecule has 0 bridgehead atoms. The zero-order valence-corrected chi connectivity index (χ0v) is 14.1. The number of nitrogens with one attached hydrogen (secondary N) is 1. The van der Waals surface area contributed by atoms with Crippen LogP contribution in [0.25, 0.3) is 0 Å². The van der Waals surface area contributed by atoms with Gasteiger partial charge in [-0.2, -0.15) is 0 Å². The van der Waals surface area contributed by atoms with Gasteiger partial charge in [-0.15, -0.1) is 0 Å². The van der Waals surface area contributed by atoms with Gasteiger partial charge in [0.2, 0.25) is 0 Å². The van der Waals surface area contributed by atoms with Gasteiger partial charge >= 0.3 is 0 Å². The molecule has 0 atom stereocenters. The van der Waals surface area contributed by atoms with Crippen LogP contribution in [0.3, 0.4) is 0 Å². The standard InChI is InChI=1S/C16H15BrClNO2/c1-10-4-3-5-15(11(10)2)21-9-16(20)19-14-7-6-12(17)8-13(14)18/h3-8H,9H2,1-2H3,(H,19,20). The summed E-state index contributed by atoms with van der Waals surface area (Å²) < 4.78 is 6.41. The molecule has 1 N–H and O–H groups in total. The molecule has 2 aromatic rings. The van der Waals surface area contributed by atoms with Gasteiger partial charge in [0.25, 0.3) is 5.91 Å². The summed E-state index contributed by atoms with van der Waals surface area (Å²) in [5, 5.41) is 3.20. The maximum absolute atomic E-state index is 11.9. The molecule has 0 aliphatic rings. The van der Waals surface area contributed by atoms with Crippen molar-refractivity contribution in [1.82, 2.24) is 0 Å². The Hall–Kier alpha value is -1.52. The van der Waals surface area contributed by atoms with Crippen molar-refractivity contribution in [2.75, 3.05) is 11.9 Å². The van der Waals surface area contributed by atoms with E-state index in [1.807, 2.05) is 38.1 Å². The first-order chi connectivity index (χ1) is 9.97. The van der Waals surface area contributed by atoms with E-state index in [1.54, 1.807) is 12.1 Å². The number of aryl methyl sites for hydroxylation is 1. The molecule has 0 saturated carbocycles. The van der Waals surface area contributed by atoms with Gasteiger partial charge in [-0.1, -0.05) is 39.7 Å². The van der Waals surface area contributed by atoms with Crippen LogP contribution in [0.15, 0.2) is 40.9 Å². The number of benzene rings is 2. The van der Waals surface area contributed by atoms with E-state index >= 15 is 0 Å². The molecule has 0 unspecified atom stereocenters. The molecule has 0 spiro atoms. The van der Waals surface area contributed by atoms with Gasteiger partial charge in [0.15, 0.2) is 6.61 Å². The Morgan fingerprint density at radius 1 is 1.29 bits per heavy atom. The van der Waals surface area contributed by atoms with Crippen LogP contribution < -0.4 is 10.1 Å².